The van der Waals surface area contributed by atoms with Gasteiger partial charge in [0.15, 0.2) is 11.5 Å². The van der Waals surface area contributed by atoms with Crippen LogP contribution in [0, 0.1) is 11.3 Å². The number of hydrogen-bond acceptors (Lipinski definition) is 4. The van der Waals surface area contributed by atoms with Crippen molar-refractivity contribution in [1.29, 1.82) is 5.26 Å². The number of hydrogen-bond donors (Lipinski definition) is 1. The van der Waals surface area contributed by atoms with Crippen molar-refractivity contribution in [2.24, 2.45) is 0 Å². The molecule has 1 saturated carbocycles. The van der Waals surface area contributed by atoms with Gasteiger partial charge in [0.1, 0.15) is 18.2 Å². The summed E-state index contributed by atoms with van der Waals surface area (Å²) in [6, 6.07) is 19.7. The minimum Gasteiger partial charge on any atom is -0.493 e. The normalized spacial score (nSPS) is 14.2. The molecular weight excluding hydrogens is 436 g/mol. The van der Waals surface area contributed by atoms with Gasteiger partial charge in [-0.15, -0.1) is 0 Å². The topological polar surface area (TPSA) is 71.3 Å². The second kappa shape index (κ2) is 10.4. The molecule has 6 heteroatoms. The van der Waals surface area contributed by atoms with Crippen LogP contribution in [0.3, 0.4) is 0 Å². The van der Waals surface area contributed by atoms with E-state index >= 15 is 0 Å². The Morgan fingerprint density at radius 2 is 1.94 bits per heavy atom. The van der Waals surface area contributed by atoms with Crippen molar-refractivity contribution in [3.8, 4) is 17.6 Å². The number of nitrogens with zero attached hydrogens (tertiary/aromatic N) is 1. The summed E-state index contributed by atoms with van der Waals surface area (Å²) in [7, 11) is 1.53. The van der Waals surface area contributed by atoms with E-state index in [1.54, 1.807) is 12.1 Å². The first kappa shape index (κ1) is 22.7. The molecule has 0 radical (unpaired) electrons. The number of carbonyl (C=O) groups is 1. The van der Waals surface area contributed by atoms with E-state index in [0.29, 0.717) is 28.7 Å². The first-order chi connectivity index (χ1) is 16.1. The number of nitriles is 1. The summed E-state index contributed by atoms with van der Waals surface area (Å²) in [6.45, 7) is 0.319. The zero-order valence-corrected chi connectivity index (χ0v) is 19.2. The van der Waals surface area contributed by atoms with Gasteiger partial charge in [-0.2, -0.15) is 5.26 Å². The van der Waals surface area contributed by atoms with Gasteiger partial charge in [-0.25, -0.2) is 0 Å². The third-order valence-electron chi connectivity index (χ3n) is 5.87. The van der Waals surface area contributed by atoms with E-state index in [9.17, 15) is 10.1 Å². The van der Waals surface area contributed by atoms with E-state index in [4.69, 9.17) is 21.1 Å². The average molecular weight is 461 g/mol. The molecule has 3 aromatic rings. The first-order valence-corrected chi connectivity index (χ1v) is 11.4. The summed E-state index contributed by atoms with van der Waals surface area (Å²) in [4.78, 5) is 12.5. The molecule has 1 aliphatic carbocycles. The Hall–Kier alpha value is -3.49. The maximum Gasteiger partial charge on any atom is 0.262 e. The van der Waals surface area contributed by atoms with Gasteiger partial charge in [0, 0.05) is 6.04 Å². The molecule has 0 aromatic heterocycles. The SMILES string of the molecule is COc1cc(/C=C(/C#N)C(=O)NC2CCCC2)cc(Cl)c1OCc1cccc2ccccc12. The van der Waals surface area contributed by atoms with Crippen LogP contribution < -0.4 is 14.8 Å². The predicted molar refractivity (Wildman–Crippen MR) is 130 cm³/mol. The van der Waals surface area contributed by atoms with Crippen molar-refractivity contribution in [3.05, 3.63) is 76.3 Å². The number of fused-ring (bicyclic) bond motifs is 1. The van der Waals surface area contributed by atoms with E-state index in [1.165, 1.54) is 13.2 Å². The predicted octanol–water partition coefficient (Wildman–Crippen LogP) is 6.05. The summed E-state index contributed by atoms with van der Waals surface area (Å²) in [5.41, 5.74) is 1.66. The molecule has 0 aliphatic heterocycles. The smallest absolute Gasteiger partial charge is 0.262 e. The van der Waals surface area contributed by atoms with Crippen LogP contribution >= 0.6 is 11.6 Å². The van der Waals surface area contributed by atoms with Gasteiger partial charge < -0.3 is 14.8 Å². The highest BCUT2D eigenvalue weighted by Gasteiger charge is 2.20. The minimum absolute atomic E-state index is 0.0319. The lowest BCUT2D eigenvalue weighted by Crippen LogP contribution is -2.33. The summed E-state index contributed by atoms with van der Waals surface area (Å²) >= 11 is 6.52. The third-order valence-corrected chi connectivity index (χ3v) is 6.15. The Labute approximate surface area is 198 Å². The molecule has 0 bridgehead atoms. The van der Waals surface area contributed by atoms with Crippen molar-refractivity contribution in [1.82, 2.24) is 5.32 Å². The molecule has 168 valence electrons. The maximum absolute atomic E-state index is 12.5. The third kappa shape index (κ3) is 5.30. The van der Waals surface area contributed by atoms with Gasteiger partial charge in [0.25, 0.3) is 5.91 Å². The molecule has 1 amide bonds. The van der Waals surface area contributed by atoms with E-state index in [2.05, 4.69) is 23.5 Å². The number of ether oxygens (including phenoxy) is 2. The van der Waals surface area contributed by atoms with Gasteiger partial charge in [0.2, 0.25) is 0 Å². The van der Waals surface area contributed by atoms with Crippen LogP contribution in [0.25, 0.3) is 16.8 Å². The molecular formula is C27H25ClN2O3. The van der Waals surface area contributed by atoms with Gasteiger partial charge in [-0.3, -0.25) is 4.79 Å². The fourth-order valence-corrected chi connectivity index (χ4v) is 4.45. The van der Waals surface area contributed by atoms with Crippen molar-refractivity contribution >= 4 is 34.4 Å². The van der Waals surface area contributed by atoms with Crippen LogP contribution in [0.1, 0.15) is 36.8 Å². The lowest BCUT2D eigenvalue weighted by Gasteiger charge is -2.15. The number of methoxy groups -OCH3 is 1. The highest BCUT2D eigenvalue weighted by molar-refractivity contribution is 6.32. The number of halogens is 1. The van der Waals surface area contributed by atoms with Crippen LogP contribution in [0.5, 0.6) is 11.5 Å². The molecule has 0 unspecified atom stereocenters. The number of benzene rings is 3. The Bertz CT molecular complexity index is 1230. The quantitative estimate of drug-likeness (QED) is 0.344. The minimum atomic E-state index is -0.365. The van der Waals surface area contributed by atoms with Gasteiger partial charge in [0.05, 0.1) is 12.1 Å². The van der Waals surface area contributed by atoms with Crippen molar-refractivity contribution in [2.75, 3.05) is 7.11 Å². The highest BCUT2D eigenvalue weighted by atomic mass is 35.5. The summed E-state index contributed by atoms with van der Waals surface area (Å²) in [6.07, 6.45) is 5.63. The zero-order chi connectivity index (χ0) is 23.2. The number of nitrogens with one attached hydrogen (secondary N) is 1. The Morgan fingerprint density at radius 1 is 1.18 bits per heavy atom. The maximum atomic E-state index is 12.5. The highest BCUT2D eigenvalue weighted by Crippen LogP contribution is 2.38. The number of rotatable bonds is 7. The molecule has 1 fully saturated rings. The molecule has 3 aromatic carbocycles. The molecule has 4 rings (SSSR count). The molecule has 0 heterocycles. The van der Waals surface area contributed by atoms with E-state index < -0.39 is 0 Å². The van der Waals surface area contributed by atoms with Crippen LogP contribution in [0.4, 0.5) is 0 Å². The monoisotopic (exact) mass is 460 g/mol. The zero-order valence-electron chi connectivity index (χ0n) is 18.4. The van der Waals surface area contributed by atoms with E-state index in [0.717, 1.165) is 42.0 Å². The standard InChI is InChI=1S/C27H25ClN2O3/c1-32-25-15-18(13-21(16-29)27(31)30-22-10-3-4-11-22)14-24(28)26(25)33-17-20-9-6-8-19-7-2-5-12-23(19)20/h2,5-9,12-15,22H,3-4,10-11,17H2,1H3,(H,30,31)/b21-13-. The molecule has 33 heavy (non-hydrogen) atoms. The second-order valence-electron chi connectivity index (χ2n) is 8.09. The Kier molecular flexibility index (Phi) is 7.16. The van der Waals surface area contributed by atoms with E-state index in [1.807, 2.05) is 30.3 Å². The first-order valence-electron chi connectivity index (χ1n) is 11.0. The summed E-state index contributed by atoms with van der Waals surface area (Å²) in [5, 5.41) is 15.0. The fraction of sp³-hybridized carbons (Fsp3) is 0.259. The second-order valence-corrected chi connectivity index (χ2v) is 8.49. The molecule has 0 saturated heterocycles. The van der Waals surface area contributed by atoms with Crippen LogP contribution in [-0.4, -0.2) is 19.1 Å². The molecule has 5 nitrogen and oxygen atoms in total. The summed E-state index contributed by atoms with van der Waals surface area (Å²) in [5.74, 6) is 0.483. The molecule has 1 N–H and O–H groups in total. The van der Waals surface area contributed by atoms with Crippen molar-refractivity contribution in [2.45, 2.75) is 38.3 Å². The van der Waals surface area contributed by atoms with Gasteiger partial charge in [-0.1, -0.05) is 66.9 Å². The number of amides is 1. The van der Waals surface area contributed by atoms with Gasteiger partial charge >= 0.3 is 0 Å². The van der Waals surface area contributed by atoms with Crippen molar-refractivity contribution in [3.63, 3.8) is 0 Å². The Balaban J connectivity index is 1.55. The van der Waals surface area contributed by atoms with Crippen LogP contribution in [-0.2, 0) is 11.4 Å². The summed E-state index contributed by atoms with van der Waals surface area (Å²) < 4.78 is 11.6. The van der Waals surface area contributed by atoms with Crippen LogP contribution in [0.2, 0.25) is 5.02 Å². The molecule has 0 spiro atoms. The van der Waals surface area contributed by atoms with Crippen LogP contribution in [0.15, 0.2) is 60.2 Å². The van der Waals surface area contributed by atoms with Gasteiger partial charge in [-0.05, 0) is 52.9 Å². The fourth-order valence-electron chi connectivity index (χ4n) is 4.18. The van der Waals surface area contributed by atoms with Crippen molar-refractivity contribution < 1.29 is 14.3 Å². The lowest BCUT2D eigenvalue weighted by atomic mass is 10.1. The lowest BCUT2D eigenvalue weighted by molar-refractivity contribution is -0.117. The molecule has 1 aliphatic rings. The number of carbonyl (C=O) groups excluding carboxylic acids is 1. The van der Waals surface area contributed by atoms with E-state index in [-0.39, 0.29) is 17.5 Å². The average Bonchev–Trinajstić information content (AvgIpc) is 3.34. The largest absolute Gasteiger partial charge is 0.493 e. The Morgan fingerprint density at radius 3 is 2.70 bits per heavy atom. The molecule has 0 atom stereocenters.